The number of aromatic nitrogens is 1. The molecule has 140 valence electrons. The highest BCUT2D eigenvalue weighted by Crippen LogP contribution is 2.17. The van der Waals surface area contributed by atoms with Crippen molar-refractivity contribution < 1.29 is 14.6 Å². The van der Waals surface area contributed by atoms with E-state index in [0.717, 1.165) is 29.1 Å². The van der Waals surface area contributed by atoms with Crippen LogP contribution in [0.25, 0.3) is 10.9 Å². The average Bonchev–Trinajstić information content (AvgIpc) is 2.66. The van der Waals surface area contributed by atoms with Crippen molar-refractivity contribution in [2.75, 3.05) is 12.4 Å². The predicted molar refractivity (Wildman–Crippen MR) is 106 cm³/mol. The summed E-state index contributed by atoms with van der Waals surface area (Å²) >= 11 is 0. The zero-order valence-electron chi connectivity index (χ0n) is 15.2. The van der Waals surface area contributed by atoms with Crippen LogP contribution in [-0.4, -0.2) is 29.1 Å². The van der Waals surface area contributed by atoms with Gasteiger partial charge in [0.25, 0.3) is 5.97 Å². The second-order valence-corrected chi connectivity index (χ2v) is 5.57. The maximum Gasteiger partial charge on any atom is 0.300 e. The fourth-order valence-electron chi connectivity index (χ4n) is 2.34. The first-order valence-corrected chi connectivity index (χ1v) is 8.26. The Kier molecular flexibility index (Phi) is 7.13. The van der Waals surface area contributed by atoms with E-state index in [1.807, 2.05) is 60.7 Å². The molecule has 2 aromatic carbocycles. The molecule has 1 aromatic heterocycles. The largest absolute Gasteiger partial charge is 0.496 e. The van der Waals surface area contributed by atoms with Gasteiger partial charge in [-0.1, -0.05) is 36.4 Å². The molecule has 1 heterocycles. The molecule has 7 heteroatoms. The van der Waals surface area contributed by atoms with Gasteiger partial charge in [-0.15, -0.1) is 0 Å². The van der Waals surface area contributed by atoms with Crippen molar-refractivity contribution in [2.45, 2.75) is 13.5 Å². The Morgan fingerprint density at radius 2 is 1.78 bits per heavy atom. The molecule has 4 N–H and O–H groups in total. The second-order valence-electron chi connectivity index (χ2n) is 5.57. The van der Waals surface area contributed by atoms with Crippen molar-refractivity contribution in [3.8, 4) is 5.75 Å². The predicted octanol–water partition coefficient (Wildman–Crippen LogP) is 3.47. The summed E-state index contributed by atoms with van der Waals surface area (Å²) in [7, 11) is 1.64. The molecule has 0 aliphatic heterocycles. The van der Waals surface area contributed by atoms with Crippen LogP contribution in [0, 0.1) is 5.41 Å². The van der Waals surface area contributed by atoms with E-state index in [2.05, 4.69) is 15.6 Å². The highest BCUT2D eigenvalue weighted by molar-refractivity contribution is 5.91. The lowest BCUT2D eigenvalue weighted by molar-refractivity contribution is -0.134. The van der Waals surface area contributed by atoms with E-state index in [-0.39, 0.29) is 5.96 Å². The summed E-state index contributed by atoms with van der Waals surface area (Å²) in [5.74, 6) is 0.802. The van der Waals surface area contributed by atoms with Gasteiger partial charge in [0.05, 0.1) is 12.6 Å². The smallest absolute Gasteiger partial charge is 0.300 e. The van der Waals surface area contributed by atoms with Gasteiger partial charge in [0, 0.05) is 24.4 Å². The number of carbonyl (C=O) groups is 1. The number of guanidine groups is 1. The van der Waals surface area contributed by atoms with Crippen LogP contribution >= 0.6 is 0 Å². The van der Waals surface area contributed by atoms with Gasteiger partial charge in [-0.25, -0.2) is 4.98 Å². The Morgan fingerprint density at radius 1 is 1.11 bits per heavy atom. The van der Waals surface area contributed by atoms with Gasteiger partial charge in [-0.2, -0.15) is 0 Å². The molecule has 0 atom stereocenters. The summed E-state index contributed by atoms with van der Waals surface area (Å²) < 4.78 is 5.30. The van der Waals surface area contributed by atoms with Crippen LogP contribution in [0.15, 0.2) is 60.7 Å². The summed E-state index contributed by atoms with van der Waals surface area (Å²) in [5, 5.41) is 22.5. The summed E-state index contributed by atoms with van der Waals surface area (Å²) in [6.07, 6.45) is 0. The number of aliphatic carboxylic acids is 1. The van der Waals surface area contributed by atoms with Crippen LogP contribution in [0.5, 0.6) is 5.75 Å². The fraction of sp³-hybridized carbons (Fsp3) is 0.150. The van der Waals surface area contributed by atoms with Crippen LogP contribution in [-0.2, 0) is 11.3 Å². The van der Waals surface area contributed by atoms with Gasteiger partial charge < -0.3 is 20.5 Å². The number of methoxy groups -OCH3 is 1. The minimum absolute atomic E-state index is 0.193. The monoisotopic (exact) mass is 366 g/mol. The van der Waals surface area contributed by atoms with Crippen molar-refractivity contribution in [2.24, 2.45) is 0 Å². The van der Waals surface area contributed by atoms with E-state index in [1.165, 1.54) is 0 Å². The number of rotatable bonds is 4. The van der Waals surface area contributed by atoms with Crippen molar-refractivity contribution in [3.63, 3.8) is 0 Å². The number of hydrogen-bond donors (Lipinski definition) is 4. The van der Waals surface area contributed by atoms with Crippen molar-refractivity contribution in [1.29, 1.82) is 5.41 Å². The first kappa shape index (κ1) is 19.7. The molecule has 0 saturated carbocycles. The molecule has 0 aliphatic rings. The molecule has 3 rings (SSSR count). The van der Waals surface area contributed by atoms with Gasteiger partial charge in [-0.05, 0) is 24.3 Å². The lowest BCUT2D eigenvalue weighted by Crippen LogP contribution is -2.29. The highest BCUT2D eigenvalue weighted by atomic mass is 16.5. The summed E-state index contributed by atoms with van der Waals surface area (Å²) in [4.78, 5) is 13.5. The maximum absolute atomic E-state index is 9.00. The van der Waals surface area contributed by atoms with E-state index < -0.39 is 5.97 Å². The number of hydrogen-bond acceptors (Lipinski definition) is 4. The van der Waals surface area contributed by atoms with E-state index in [0.29, 0.717) is 12.4 Å². The third kappa shape index (κ3) is 6.32. The van der Waals surface area contributed by atoms with E-state index >= 15 is 0 Å². The first-order valence-electron chi connectivity index (χ1n) is 8.26. The molecule has 0 fully saturated rings. The molecule has 0 bridgehead atoms. The minimum Gasteiger partial charge on any atom is -0.496 e. The van der Waals surface area contributed by atoms with Gasteiger partial charge in [0.2, 0.25) is 0 Å². The van der Waals surface area contributed by atoms with Gasteiger partial charge in [0.15, 0.2) is 5.96 Å². The number of fused-ring (bicyclic) bond motifs is 1. The Bertz CT molecular complexity index is 924. The SMILES string of the molecule is CC(=O)O.COc1ccccc1CNC(=N)Nc1ccc2ccccc2n1. The highest BCUT2D eigenvalue weighted by Gasteiger charge is 2.04. The first-order chi connectivity index (χ1) is 13.0. The fourth-order valence-corrected chi connectivity index (χ4v) is 2.34. The number of benzene rings is 2. The third-order valence-corrected chi connectivity index (χ3v) is 3.50. The molecule has 0 saturated heterocycles. The number of carboxylic acid groups (broad SMARTS) is 1. The van der Waals surface area contributed by atoms with Crippen LogP contribution in [0.3, 0.4) is 0 Å². The summed E-state index contributed by atoms with van der Waals surface area (Å²) in [6.45, 7) is 1.59. The van der Waals surface area contributed by atoms with Crippen molar-refractivity contribution >= 4 is 28.6 Å². The topological polar surface area (TPSA) is 107 Å². The average molecular weight is 366 g/mol. The Balaban J connectivity index is 0.000000596. The summed E-state index contributed by atoms with van der Waals surface area (Å²) in [6, 6.07) is 19.5. The lowest BCUT2D eigenvalue weighted by atomic mass is 10.2. The number of para-hydroxylation sites is 2. The molecule has 0 amide bonds. The van der Waals surface area contributed by atoms with E-state index in [4.69, 9.17) is 20.0 Å². The molecule has 0 aliphatic carbocycles. The Morgan fingerprint density at radius 3 is 2.52 bits per heavy atom. The molecular weight excluding hydrogens is 344 g/mol. The van der Waals surface area contributed by atoms with Crippen molar-refractivity contribution in [1.82, 2.24) is 10.3 Å². The molecule has 0 spiro atoms. The quantitative estimate of drug-likeness (QED) is 0.416. The number of carboxylic acids is 1. The molecule has 0 radical (unpaired) electrons. The molecular formula is C20H22N4O3. The third-order valence-electron chi connectivity index (χ3n) is 3.50. The number of ether oxygens (including phenoxy) is 1. The zero-order valence-corrected chi connectivity index (χ0v) is 15.2. The van der Waals surface area contributed by atoms with Crippen LogP contribution < -0.4 is 15.4 Å². The standard InChI is InChI=1S/C18H18N4O.C2H4O2/c1-23-16-9-5-3-7-14(16)12-20-18(19)22-17-11-10-13-6-2-4-8-15(13)21-17;1-2(3)4/h2-11H,12H2,1H3,(H3,19,20,21,22);1H3,(H,3,4). The lowest BCUT2D eigenvalue weighted by Gasteiger charge is -2.12. The summed E-state index contributed by atoms with van der Waals surface area (Å²) in [5.41, 5.74) is 1.89. The van der Waals surface area contributed by atoms with Crippen LogP contribution in [0.2, 0.25) is 0 Å². The second kappa shape index (κ2) is 9.76. The maximum atomic E-state index is 9.00. The Hall–Kier alpha value is -3.61. The van der Waals surface area contributed by atoms with Gasteiger partial charge in [-0.3, -0.25) is 10.2 Å². The van der Waals surface area contributed by atoms with Crippen molar-refractivity contribution in [3.05, 3.63) is 66.2 Å². The molecule has 0 unspecified atom stereocenters. The van der Waals surface area contributed by atoms with Crippen LogP contribution in [0.4, 0.5) is 5.82 Å². The van der Waals surface area contributed by atoms with E-state index in [9.17, 15) is 0 Å². The van der Waals surface area contributed by atoms with Gasteiger partial charge in [0.1, 0.15) is 11.6 Å². The number of pyridine rings is 1. The minimum atomic E-state index is -0.833. The van der Waals surface area contributed by atoms with Gasteiger partial charge >= 0.3 is 0 Å². The number of anilines is 1. The van der Waals surface area contributed by atoms with Crippen LogP contribution in [0.1, 0.15) is 12.5 Å². The number of nitrogens with zero attached hydrogens (tertiary/aromatic N) is 1. The van der Waals surface area contributed by atoms with E-state index in [1.54, 1.807) is 7.11 Å². The Labute approximate surface area is 157 Å². The molecule has 27 heavy (non-hydrogen) atoms. The normalized spacial score (nSPS) is 9.70. The zero-order chi connectivity index (χ0) is 19.6. The molecule has 7 nitrogen and oxygen atoms in total. The molecule has 3 aromatic rings. The number of nitrogens with one attached hydrogen (secondary N) is 3.